The van der Waals surface area contributed by atoms with Gasteiger partial charge >= 0.3 is 5.97 Å². The Morgan fingerprint density at radius 2 is 2.14 bits per heavy atom. The molecule has 1 aromatic carbocycles. The molecule has 4 N–H and O–H groups in total. The maximum absolute atomic E-state index is 10.6. The lowest BCUT2D eigenvalue weighted by atomic mass is 10.0. The zero-order chi connectivity index (χ0) is 10.9. The van der Waals surface area contributed by atoms with E-state index in [-0.39, 0.29) is 11.3 Å². The Morgan fingerprint density at radius 3 is 2.64 bits per heavy atom. The van der Waals surface area contributed by atoms with E-state index in [9.17, 15) is 9.90 Å². The number of rotatable bonds is 2. The SMILES string of the molecule is Cc1cc(Br)cc(C(N)C(=O)O)c1O. The number of aliphatic carboxylic acids is 1. The molecule has 0 saturated heterocycles. The van der Waals surface area contributed by atoms with Crippen molar-refractivity contribution in [3.05, 3.63) is 27.7 Å². The summed E-state index contributed by atoms with van der Waals surface area (Å²) in [6, 6.07) is 1.99. The zero-order valence-electron chi connectivity index (χ0n) is 7.49. The average molecular weight is 260 g/mol. The Hall–Kier alpha value is -1.07. The van der Waals surface area contributed by atoms with Crippen LogP contribution in [0.3, 0.4) is 0 Å². The summed E-state index contributed by atoms with van der Waals surface area (Å²) in [6.45, 7) is 1.68. The number of halogens is 1. The third-order valence-electron chi connectivity index (χ3n) is 1.90. The van der Waals surface area contributed by atoms with E-state index in [0.717, 1.165) is 0 Å². The summed E-state index contributed by atoms with van der Waals surface area (Å²) in [5.74, 6) is -1.24. The number of nitrogens with two attached hydrogens (primary N) is 1. The van der Waals surface area contributed by atoms with Crippen LogP contribution in [0, 0.1) is 6.92 Å². The first-order valence-electron chi connectivity index (χ1n) is 3.91. The molecule has 0 bridgehead atoms. The minimum atomic E-state index is -1.20. The summed E-state index contributed by atoms with van der Waals surface area (Å²) in [4.78, 5) is 10.6. The number of carbonyl (C=O) groups is 1. The highest BCUT2D eigenvalue weighted by Crippen LogP contribution is 2.30. The molecule has 1 unspecified atom stereocenters. The number of carboxylic acids is 1. The molecular weight excluding hydrogens is 250 g/mol. The van der Waals surface area contributed by atoms with Gasteiger partial charge in [0.2, 0.25) is 0 Å². The molecule has 0 radical (unpaired) electrons. The fourth-order valence-corrected chi connectivity index (χ4v) is 1.72. The lowest BCUT2D eigenvalue weighted by Crippen LogP contribution is -2.20. The molecule has 1 atom stereocenters. The highest BCUT2D eigenvalue weighted by atomic mass is 79.9. The van der Waals surface area contributed by atoms with Crippen LogP contribution in [0.1, 0.15) is 17.2 Å². The zero-order valence-corrected chi connectivity index (χ0v) is 9.08. The molecular formula is C9H10BrNO3. The van der Waals surface area contributed by atoms with Crippen LogP contribution in [0.5, 0.6) is 5.75 Å². The monoisotopic (exact) mass is 259 g/mol. The van der Waals surface area contributed by atoms with Gasteiger partial charge in [-0.05, 0) is 24.6 Å². The normalized spacial score (nSPS) is 12.5. The van der Waals surface area contributed by atoms with Crippen molar-refractivity contribution in [2.75, 3.05) is 0 Å². The van der Waals surface area contributed by atoms with E-state index in [1.807, 2.05) is 0 Å². The third-order valence-corrected chi connectivity index (χ3v) is 2.35. The molecule has 1 aromatic rings. The molecule has 1 rings (SSSR count). The molecule has 0 heterocycles. The van der Waals surface area contributed by atoms with E-state index in [1.165, 1.54) is 6.07 Å². The molecule has 0 saturated carbocycles. The standard InChI is InChI=1S/C9H10BrNO3/c1-4-2-5(10)3-6(8(4)12)7(11)9(13)14/h2-3,7,12H,11H2,1H3,(H,13,14). The molecule has 14 heavy (non-hydrogen) atoms. The second-order valence-corrected chi connectivity index (χ2v) is 3.89. The van der Waals surface area contributed by atoms with Crippen LogP contribution in [0.2, 0.25) is 0 Å². The quantitative estimate of drug-likeness (QED) is 0.753. The Kier molecular flexibility index (Phi) is 3.13. The summed E-state index contributed by atoms with van der Waals surface area (Å²) < 4.78 is 0.694. The molecule has 0 spiro atoms. The van der Waals surface area contributed by atoms with Crippen molar-refractivity contribution < 1.29 is 15.0 Å². The van der Waals surface area contributed by atoms with Crippen molar-refractivity contribution in [1.29, 1.82) is 0 Å². The maximum atomic E-state index is 10.6. The van der Waals surface area contributed by atoms with Crippen molar-refractivity contribution in [3.63, 3.8) is 0 Å². The summed E-state index contributed by atoms with van der Waals surface area (Å²) in [7, 11) is 0. The highest BCUT2D eigenvalue weighted by molar-refractivity contribution is 9.10. The maximum Gasteiger partial charge on any atom is 0.325 e. The summed E-state index contributed by atoms with van der Waals surface area (Å²) in [5.41, 5.74) is 6.20. The van der Waals surface area contributed by atoms with Crippen LogP contribution in [-0.2, 0) is 4.79 Å². The molecule has 4 nitrogen and oxygen atoms in total. The Balaban J connectivity index is 3.26. The lowest BCUT2D eigenvalue weighted by Gasteiger charge is -2.11. The van der Waals surface area contributed by atoms with E-state index in [4.69, 9.17) is 10.8 Å². The Bertz CT molecular complexity index is 379. The Labute approximate surface area is 89.5 Å². The number of carboxylic acid groups (broad SMARTS) is 1. The van der Waals surface area contributed by atoms with E-state index in [0.29, 0.717) is 10.0 Å². The van der Waals surface area contributed by atoms with Crippen LogP contribution in [0.4, 0.5) is 0 Å². The molecule has 0 aromatic heterocycles. The topological polar surface area (TPSA) is 83.6 Å². The predicted molar refractivity (Wildman–Crippen MR) is 55.1 cm³/mol. The molecule has 0 fully saturated rings. The number of aromatic hydroxyl groups is 1. The van der Waals surface area contributed by atoms with Crippen LogP contribution in [0.25, 0.3) is 0 Å². The van der Waals surface area contributed by atoms with Gasteiger partial charge in [0.25, 0.3) is 0 Å². The lowest BCUT2D eigenvalue weighted by molar-refractivity contribution is -0.138. The molecule has 5 heteroatoms. The molecule has 0 aliphatic heterocycles. The van der Waals surface area contributed by atoms with Crippen molar-refractivity contribution in [1.82, 2.24) is 0 Å². The summed E-state index contributed by atoms with van der Waals surface area (Å²) >= 11 is 3.20. The van der Waals surface area contributed by atoms with Gasteiger partial charge in [0.1, 0.15) is 11.8 Å². The van der Waals surface area contributed by atoms with Gasteiger partial charge in [0, 0.05) is 10.0 Å². The van der Waals surface area contributed by atoms with Crippen molar-refractivity contribution in [2.24, 2.45) is 5.73 Å². The number of aryl methyl sites for hydroxylation is 1. The van der Waals surface area contributed by atoms with E-state index >= 15 is 0 Å². The van der Waals surface area contributed by atoms with Crippen LogP contribution < -0.4 is 5.73 Å². The van der Waals surface area contributed by atoms with Gasteiger partial charge in [-0.1, -0.05) is 15.9 Å². The van der Waals surface area contributed by atoms with Crippen LogP contribution in [-0.4, -0.2) is 16.2 Å². The van der Waals surface area contributed by atoms with Crippen LogP contribution in [0.15, 0.2) is 16.6 Å². The number of benzene rings is 1. The predicted octanol–water partition coefficient (Wildman–Crippen LogP) is 1.55. The average Bonchev–Trinajstić information content (AvgIpc) is 2.09. The molecule has 0 amide bonds. The van der Waals surface area contributed by atoms with Gasteiger partial charge in [-0.3, -0.25) is 4.79 Å². The second kappa shape index (κ2) is 3.98. The van der Waals surface area contributed by atoms with E-state index in [2.05, 4.69) is 15.9 Å². The van der Waals surface area contributed by atoms with E-state index in [1.54, 1.807) is 13.0 Å². The molecule has 0 aliphatic rings. The van der Waals surface area contributed by atoms with Crippen molar-refractivity contribution in [3.8, 4) is 5.75 Å². The second-order valence-electron chi connectivity index (χ2n) is 2.98. The minimum absolute atomic E-state index is 0.0666. The smallest absolute Gasteiger partial charge is 0.325 e. The van der Waals surface area contributed by atoms with Gasteiger partial charge < -0.3 is 15.9 Å². The van der Waals surface area contributed by atoms with Gasteiger partial charge in [-0.15, -0.1) is 0 Å². The molecule has 76 valence electrons. The first-order valence-corrected chi connectivity index (χ1v) is 4.70. The highest BCUT2D eigenvalue weighted by Gasteiger charge is 2.19. The number of phenols is 1. The van der Waals surface area contributed by atoms with Gasteiger partial charge in [-0.2, -0.15) is 0 Å². The Morgan fingerprint density at radius 1 is 1.57 bits per heavy atom. The first-order chi connectivity index (χ1) is 6.43. The summed E-state index contributed by atoms with van der Waals surface area (Å²) in [6.07, 6.45) is 0. The minimum Gasteiger partial charge on any atom is -0.507 e. The van der Waals surface area contributed by atoms with Gasteiger partial charge in [0.15, 0.2) is 0 Å². The van der Waals surface area contributed by atoms with Crippen LogP contribution >= 0.6 is 15.9 Å². The number of phenolic OH excluding ortho intramolecular Hbond substituents is 1. The van der Waals surface area contributed by atoms with Crippen molar-refractivity contribution >= 4 is 21.9 Å². The largest absolute Gasteiger partial charge is 0.507 e. The van der Waals surface area contributed by atoms with Gasteiger partial charge in [0.05, 0.1) is 0 Å². The van der Waals surface area contributed by atoms with Gasteiger partial charge in [-0.25, -0.2) is 0 Å². The fraction of sp³-hybridized carbons (Fsp3) is 0.222. The fourth-order valence-electron chi connectivity index (χ4n) is 1.13. The summed E-state index contributed by atoms with van der Waals surface area (Å²) in [5, 5.41) is 18.3. The van der Waals surface area contributed by atoms with Crippen molar-refractivity contribution in [2.45, 2.75) is 13.0 Å². The molecule has 0 aliphatic carbocycles. The third kappa shape index (κ3) is 2.05. The first kappa shape index (κ1) is 11.0. The van der Waals surface area contributed by atoms with E-state index < -0.39 is 12.0 Å². The number of hydrogen-bond donors (Lipinski definition) is 3. The number of hydrogen-bond acceptors (Lipinski definition) is 3.